The monoisotopic (exact) mass is 247 g/mol. The minimum atomic E-state index is -4.66. The highest BCUT2D eigenvalue weighted by Gasteiger charge is 2.35. The number of halogens is 3. The summed E-state index contributed by atoms with van der Waals surface area (Å²) in [6.45, 7) is 3.61. The van der Waals surface area contributed by atoms with Gasteiger partial charge in [0.2, 0.25) is 0 Å². The highest BCUT2D eigenvalue weighted by atomic mass is 19.4. The van der Waals surface area contributed by atoms with Gasteiger partial charge >= 0.3 is 12.1 Å². The second-order valence-electron chi connectivity index (χ2n) is 3.86. The molecule has 0 radical (unpaired) electrons. The van der Waals surface area contributed by atoms with E-state index in [9.17, 15) is 18.0 Å². The highest BCUT2D eigenvalue weighted by molar-refractivity contribution is 5.91. The van der Waals surface area contributed by atoms with Gasteiger partial charge < -0.3 is 10.4 Å². The Bertz CT molecular complexity index is 427. The Morgan fingerprint density at radius 1 is 1.35 bits per heavy atom. The van der Waals surface area contributed by atoms with Crippen molar-refractivity contribution in [1.82, 2.24) is 0 Å². The van der Waals surface area contributed by atoms with Crippen molar-refractivity contribution in [3.63, 3.8) is 0 Å². The van der Waals surface area contributed by atoms with Gasteiger partial charge in [0.15, 0.2) is 0 Å². The van der Waals surface area contributed by atoms with Gasteiger partial charge in [0.05, 0.1) is 11.1 Å². The van der Waals surface area contributed by atoms with Crippen LogP contribution in [0.1, 0.15) is 29.8 Å². The van der Waals surface area contributed by atoms with Crippen LogP contribution in [-0.4, -0.2) is 17.1 Å². The van der Waals surface area contributed by atoms with Crippen LogP contribution in [0.3, 0.4) is 0 Å². The number of anilines is 1. The van der Waals surface area contributed by atoms with Crippen LogP contribution in [0.25, 0.3) is 0 Å². The molecule has 0 fully saturated rings. The van der Waals surface area contributed by atoms with Crippen molar-refractivity contribution in [3.05, 3.63) is 29.3 Å². The van der Waals surface area contributed by atoms with Gasteiger partial charge in [-0.15, -0.1) is 0 Å². The molecule has 94 valence electrons. The number of carboxylic acids is 1. The fourth-order valence-corrected chi connectivity index (χ4v) is 1.39. The molecule has 0 heterocycles. The van der Waals surface area contributed by atoms with E-state index in [0.29, 0.717) is 5.69 Å². The number of hydrogen-bond acceptors (Lipinski definition) is 2. The number of alkyl halides is 3. The lowest BCUT2D eigenvalue weighted by Crippen LogP contribution is -2.15. The molecule has 1 rings (SSSR count). The summed E-state index contributed by atoms with van der Waals surface area (Å²) in [5.41, 5.74) is -1.53. The van der Waals surface area contributed by atoms with Crippen molar-refractivity contribution in [1.29, 1.82) is 0 Å². The first-order chi connectivity index (χ1) is 7.71. The van der Waals surface area contributed by atoms with Gasteiger partial charge in [-0.05, 0) is 32.0 Å². The number of carbonyl (C=O) groups is 1. The smallest absolute Gasteiger partial charge is 0.417 e. The van der Waals surface area contributed by atoms with Crippen molar-refractivity contribution in [2.45, 2.75) is 26.1 Å². The van der Waals surface area contributed by atoms with Gasteiger partial charge in [-0.3, -0.25) is 0 Å². The Labute approximate surface area is 96.3 Å². The van der Waals surface area contributed by atoms with Gasteiger partial charge in [0, 0.05) is 11.7 Å². The molecule has 0 aliphatic rings. The van der Waals surface area contributed by atoms with Gasteiger partial charge in [0.1, 0.15) is 0 Å². The van der Waals surface area contributed by atoms with Gasteiger partial charge in [0.25, 0.3) is 0 Å². The summed E-state index contributed by atoms with van der Waals surface area (Å²) < 4.78 is 37.6. The van der Waals surface area contributed by atoms with E-state index in [1.54, 1.807) is 13.8 Å². The summed E-state index contributed by atoms with van der Waals surface area (Å²) in [6.07, 6.45) is -4.66. The van der Waals surface area contributed by atoms with Crippen LogP contribution >= 0.6 is 0 Å². The maximum absolute atomic E-state index is 12.5. The molecular weight excluding hydrogens is 235 g/mol. The summed E-state index contributed by atoms with van der Waals surface area (Å²) in [4.78, 5) is 10.8. The highest BCUT2D eigenvalue weighted by Crippen LogP contribution is 2.33. The van der Waals surface area contributed by atoms with Crippen LogP contribution in [0.5, 0.6) is 0 Å². The Morgan fingerprint density at radius 3 is 2.35 bits per heavy atom. The van der Waals surface area contributed by atoms with E-state index in [1.165, 1.54) is 6.07 Å². The predicted molar refractivity (Wildman–Crippen MR) is 57.2 cm³/mol. The van der Waals surface area contributed by atoms with E-state index in [4.69, 9.17) is 5.11 Å². The number of rotatable bonds is 3. The first kappa shape index (κ1) is 13.3. The van der Waals surface area contributed by atoms with E-state index >= 15 is 0 Å². The summed E-state index contributed by atoms with van der Waals surface area (Å²) in [5.74, 6) is -1.59. The second kappa shape index (κ2) is 4.65. The molecular formula is C11H12F3NO2. The summed E-state index contributed by atoms with van der Waals surface area (Å²) >= 11 is 0. The Balaban J connectivity index is 3.23. The molecule has 17 heavy (non-hydrogen) atoms. The Kier molecular flexibility index (Phi) is 3.65. The third-order valence-corrected chi connectivity index (χ3v) is 2.01. The average molecular weight is 247 g/mol. The van der Waals surface area contributed by atoms with Crippen molar-refractivity contribution < 1.29 is 23.1 Å². The minimum Gasteiger partial charge on any atom is -0.478 e. The first-order valence-corrected chi connectivity index (χ1v) is 4.93. The molecule has 0 aromatic heterocycles. The van der Waals surface area contributed by atoms with Crippen molar-refractivity contribution >= 4 is 11.7 Å². The number of benzene rings is 1. The molecule has 1 aromatic rings. The molecule has 1 aromatic carbocycles. The van der Waals surface area contributed by atoms with E-state index in [0.717, 1.165) is 12.1 Å². The molecule has 0 atom stereocenters. The van der Waals surface area contributed by atoms with Crippen molar-refractivity contribution in [3.8, 4) is 0 Å². The molecule has 0 spiro atoms. The fourth-order valence-electron chi connectivity index (χ4n) is 1.39. The van der Waals surface area contributed by atoms with E-state index in [-0.39, 0.29) is 6.04 Å². The number of carboxylic acid groups (broad SMARTS) is 1. The topological polar surface area (TPSA) is 49.3 Å². The first-order valence-electron chi connectivity index (χ1n) is 4.93. The van der Waals surface area contributed by atoms with Gasteiger partial charge in [-0.25, -0.2) is 4.79 Å². The van der Waals surface area contributed by atoms with Gasteiger partial charge in [-0.2, -0.15) is 13.2 Å². The fraction of sp³-hybridized carbons (Fsp3) is 0.364. The van der Waals surface area contributed by atoms with E-state index in [1.807, 2.05) is 0 Å². The number of nitrogens with one attached hydrogen (secondary N) is 1. The van der Waals surface area contributed by atoms with Crippen LogP contribution < -0.4 is 5.32 Å². The molecule has 0 bridgehead atoms. The second-order valence-corrected chi connectivity index (χ2v) is 3.86. The normalized spacial score (nSPS) is 11.6. The van der Waals surface area contributed by atoms with Crippen LogP contribution in [0.4, 0.5) is 18.9 Å². The largest absolute Gasteiger partial charge is 0.478 e. The minimum absolute atomic E-state index is 0.00776. The molecule has 0 amide bonds. The molecule has 0 aliphatic carbocycles. The number of aromatic carboxylic acids is 1. The third-order valence-electron chi connectivity index (χ3n) is 2.01. The van der Waals surface area contributed by atoms with Crippen LogP contribution in [0.2, 0.25) is 0 Å². The van der Waals surface area contributed by atoms with Crippen molar-refractivity contribution in [2.24, 2.45) is 0 Å². The molecule has 0 saturated heterocycles. The molecule has 0 aliphatic heterocycles. The lowest BCUT2D eigenvalue weighted by Gasteiger charge is -2.14. The predicted octanol–water partition coefficient (Wildman–Crippen LogP) is 3.22. The number of hydrogen-bond donors (Lipinski definition) is 2. The van der Waals surface area contributed by atoms with Crippen LogP contribution in [0.15, 0.2) is 18.2 Å². The zero-order valence-electron chi connectivity index (χ0n) is 9.30. The molecule has 6 heteroatoms. The van der Waals surface area contributed by atoms with Crippen LogP contribution in [-0.2, 0) is 6.18 Å². The lowest BCUT2D eigenvalue weighted by atomic mass is 10.1. The maximum Gasteiger partial charge on any atom is 0.417 e. The molecule has 2 N–H and O–H groups in total. The maximum atomic E-state index is 12.5. The zero-order valence-corrected chi connectivity index (χ0v) is 9.30. The van der Waals surface area contributed by atoms with E-state index in [2.05, 4.69) is 5.32 Å². The summed E-state index contributed by atoms with van der Waals surface area (Å²) in [7, 11) is 0. The molecule has 0 saturated carbocycles. The molecule has 3 nitrogen and oxygen atoms in total. The van der Waals surface area contributed by atoms with Crippen molar-refractivity contribution in [2.75, 3.05) is 5.32 Å². The average Bonchev–Trinajstić information content (AvgIpc) is 2.14. The summed E-state index contributed by atoms with van der Waals surface area (Å²) in [5, 5.41) is 11.6. The zero-order chi connectivity index (χ0) is 13.2. The SMILES string of the molecule is CC(C)Nc1ccc(C(F)(F)F)c(C(=O)O)c1. The van der Waals surface area contributed by atoms with Crippen LogP contribution in [0, 0.1) is 0 Å². The van der Waals surface area contributed by atoms with Gasteiger partial charge in [-0.1, -0.05) is 0 Å². The molecule has 0 unspecified atom stereocenters. The summed E-state index contributed by atoms with van der Waals surface area (Å²) in [6, 6.07) is 2.99. The lowest BCUT2D eigenvalue weighted by molar-refractivity contribution is -0.138. The third kappa shape index (κ3) is 3.37. The quantitative estimate of drug-likeness (QED) is 0.862. The standard InChI is InChI=1S/C11H12F3NO2/c1-6(2)15-7-3-4-9(11(12,13)14)8(5-7)10(16)17/h3-6,15H,1-2H3,(H,16,17). The Morgan fingerprint density at radius 2 is 1.94 bits per heavy atom. The van der Waals surface area contributed by atoms with E-state index < -0.39 is 23.3 Å². The Hall–Kier alpha value is -1.72.